The molecule has 0 aliphatic carbocycles. The second kappa shape index (κ2) is 7.64. The monoisotopic (exact) mass is 385 g/mol. The number of benzene rings is 2. The Hall–Kier alpha value is -3.25. The van der Waals surface area contributed by atoms with Crippen LogP contribution in [-0.4, -0.2) is 32.8 Å². The van der Waals surface area contributed by atoms with E-state index in [9.17, 15) is 0 Å². The van der Waals surface area contributed by atoms with E-state index in [-0.39, 0.29) is 0 Å². The summed E-state index contributed by atoms with van der Waals surface area (Å²) in [4.78, 5) is 8.80. The molecule has 3 heterocycles. The molecule has 4 aromatic rings. The van der Waals surface area contributed by atoms with Gasteiger partial charge in [0.25, 0.3) is 0 Å². The highest BCUT2D eigenvalue weighted by molar-refractivity contribution is 5.87. The molecule has 0 spiro atoms. The van der Waals surface area contributed by atoms with E-state index in [1.165, 1.54) is 0 Å². The zero-order chi connectivity index (χ0) is 19.6. The number of nitrogens with one attached hydrogen (secondary N) is 1. The van der Waals surface area contributed by atoms with Crippen molar-refractivity contribution in [2.24, 2.45) is 0 Å². The molecule has 2 aromatic carbocycles. The number of hydrogen-bond donors (Lipinski definition) is 1. The van der Waals surface area contributed by atoms with Crippen LogP contribution >= 0.6 is 0 Å². The molecule has 0 atom stereocenters. The van der Waals surface area contributed by atoms with Gasteiger partial charge in [0.2, 0.25) is 5.88 Å². The van der Waals surface area contributed by atoms with Crippen molar-refractivity contribution in [1.29, 1.82) is 0 Å². The summed E-state index contributed by atoms with van der Waals surface area (Å²) < 4.78 is 8.13. The summed E-state index contributed by atoms with van der Waals surface area (Å²) in [5.74, 6) is 1.34. The third-order valence-electron chi connectivity index (χ3n) is 5.42. The van der Waals surface area contributed by atoms with Gasteiger partial charge in [-0.3, -0.25) is 4.68 Å². The highest BCUT2D eigenvalue weighted by atomic mass is 16.5. The lowest BCUT2D eigenvalue weighted by atomic mass is 10.1. The van der Waals surface area contributed by atoms with Crippen molar-refractivity contribution < 1.29 is 4.74 Å². The van der Waals surface area contributed by atoms with Gasteiger partial charge in [-0.2, -0.15) is 5.10 Å². The Morgan fingerprint density at radius 3 is 2.79 bits per heavy atom. The van der Waals surface area contributed by atoms with E-state index >= 15 is 0 Å². The first kappa shape index (κ1) is 17.8. The molecule has 0 radical (unpaired) electrons. The van der Waals surface area contributed by atoms with Gasteiger partial charge in [0, 0.05) is 11.8 Å². The minimum absolute atomic E-state index is 0.474. The Balaban J connectivity index is 1.44. The Kier molecular flexibility index (Phi) is 4.69. The van der Waals surface area contributed by atoms with Crippen molar-refractivity contribution in [3.8, 4) is 22.8 Å². The largest absolute Gasteiger partial charge is 0.438 e. The molecule has 1 fully saturated rings. The molecule has 2 aromatic heterocycles. The number of nitrogens with zero attached hydrogens (tertiary/aromatic N) is 4. The lowest BCUT2D eigenvalue weighted by Crippen LogP contribution is -2.29. The second-order valence-corrected chi connectivity index (χ2v) is 7.52. The summed E-state index contributed by atoms with van der Waals surface area (Å²) in [7, 11) is 0. The molecule has 1 N–H and O–H groups in total. The van der Waals surface area contributed by atoms with Crippen LogP contribution < -0.4 is 10.1 Å². The molecule has 0 saturated carbocycles. The Labute approximate surface area is 169 Å². The smallest absolute Gasteiger partial charge is 0.230 e. The van der Waals surface area contributed by atoms with Crippen LogP contribution in [0.15, 0.2) is 61.2 Å². The van der Waals surface area contributed by atoms with E-state index in [1.54, 1.807) is 6.33 Å². The second-order valence-electron chi connectivity index (χ2n) is 7.52. The first-order chi connectivity index (χ1) is 14.3. The number of hydrogen-bond acceptors (Lipinski definition) is 5. The first-order valence-corrected chi connectivity index (χ1v) is 10.0. The molecule has 0 amide bonds. The molecule has 6 nitrogen and oxygen atoms in total. The van der Waals surface area contributed by atoms with E-state index < -0.39 is 0 Å². The van der Waals surface area contributed by atoms with E-state index in [4.69, 9.17) is 4.74 Å². The molecule has 6 heteroatoms. The van der Waals surface area contributed by atoms with Crippen LogP contribution in [0.2, 0.25) is 0 Å². The maximum absolute atomic E-state index is 6.03. The van der Waals surface area contributed by atoms with Crippen LogP contribution in [0.5, 0.6) is 11.6 Å². The van der Waals surface area contributed by atoms with Crippen LogP contribution in [0.4, 0.5) is 0 Å². The lowest BCUT2D eigenvalue weighted by Gasteiger charge is -2.22. The molecule has 0 unspecified atom stereocenters. The Bertz CT molecular complexity index is 1150. The quantitative estimate of drug-likeness (QED) is 0.560. The van der Waals surface area contributed by atoms with Gasteiger partial charge in [-0.1, -0.05) is 18.2 Å². The zero-order valence-corrected chi connectivity index (χ0v) is 16.4. The van der Waals surface area contributed by atoms with Crippen molar-refractivity contribution in [2.75, 3.05) is 13.1 Å². The molecule has 1 saturated heterocycles. The number of aryl methyl sites for hydroxylation is 1. The zero-order valence-electron chi connectivity index (χ0n) is 16.4. The van der Waals surface area contributed by atoms with E-state index in [0.717, 1.165) is 59.3 Å². The summed E-state index contributed by atoms with van der Waals surface area (Å²) in [5.41, 5.74) is 4.20. The minimum atomic E-state index is 0.474. The normalized spacial score (nSPS) is 14.9. The summed E-state index contributed by atoms with van der Waals surface area (Å²) in [6, 6.07) is 14.6. The first-order valence-electron chi connectivity index (χ1n) is 10.0. The average Bonchev–Trinajstić information content (AvgIpc) is 3.25. The summed E-state index contributed by atoms with van der Waals surface area (Å²) in [6.07, 6.45) is 7.87. The van der Waals surface area contributed by atoms with Crippen molar-refractivity contribution in [2.45, 2.75) is 25.8 Å². The SMILES string of the molecule is Cc1cccc(Oc2ncnc3cc(-c4cnn(C5CCNCC5)c4)ccc23)c1. The third kappa shape index (κ3) is 3.71. The number of ether oxygens (including phenoxy) is 1. The van der Waals surface area contributed by atoms with Gasteiger partial charge in [0.15, 0.2) is 0 Å². The van der Waals surface area contributed by atoms with Crippen molar-refractivity contribution in [1.82, 2.24) is 25.1 Å². The fraction of sp³-hybridized carbons (Fsp3) is 0.261. The summed E-state index contributed by atoms with van der Waals surface area (Å²) in [5, 5.41) is 8.90. The summed E-state index contributed by atoms with van der Waals surface area (Å²) >= 11 is 0. The Morgan fingerprint density at radius 2 is 1.93 bits per heavy atom. The topological polar surface area (TPSA) is 64.9 Å². The van der Waals surface area contributed by atoms with Crippen LogP contribution in [0, 0.1) is 6.92 Å². The fourth-order valence-corrected chi connectivity index (χ4v) is 3.84. The Morgan fingerprint density at radius 1 is 1.03 bits per heavy atom. The minimum Gasteiger partial charge on any atom is -0.438 e. The number of piperidine rings is 1. The van der Waals surface area contributed by atoms with Gasteiger partial charge < -0.3 is 10.1 Å². The van der Waals surface area contributed by atoms with Gasteiger partial charge in [0.1, 0.15) is 12.1 Å². The van der Waals surface area contributed by atoms with Gasteiger partial charge in [-0.05, 0) is 68.2 Å². The van der Waals surface area contributed by atoms with Gasteiger partial charge in [0.05, 0.1) is 23.1 Å². The molecule has 5 rings (SSSR count). The van der Waals surface area contributed by atoms with Crippen molar-refractivity contribution >= 4 is 10.9 Å². The maximum atomic E-state index is 6.03. The molecule has 29 heavy (non-hydrogen) atoms. The molecular formula is C23H23N5O. The summed E-state index contributed by atoms with van der Waals surface area (Å²) in [6.45, 7) is 4.15. The predicted octanol–water partition coefficient (Wildman–Crippen LogP) is 4.52. The lowest BCUT2D eigenvalue weighted by molar-refractivity contribution is 0.343. The van der Waals surface area contributed by atoms with Crippen LogP contribution in [-0.2, 0) is 0 Å². The maximum Gasteiger partial charge on any atom is 0.230 e. The van der Waals surface area contributed by atoms with Crippen LogP contribution in [0.1, 0.15) is 24.4 Å². The fourth-order valence-electron chi connectivity index (χ4n) is 3.84. The molecule has 146 valence electrons. The predicted molar refractivity (Wildman–Crippen MR) is 113 cm³/mol. The number of fused-ring (bicyclic) bond motifs is 1. The van der Waals surface area contributed by atoms with Gasteiger partial charge >= 0.3 is 0 Å². The average molecular weight is 385 g/mol. The molecule has 1 aliphatic rings. The van der Waals surface area contributed by atoms with Crippen LogP contribution in [0.3, 0.4) is 0 Å². The third-order valence-corrected chi connectivity index (χ3v) is 5.42. The van der Waals surface area contributed by atoms with E-state index in [2.05, 4.69) is 43.4 Å². The van der Waals surface area contributed by atoms with Gasteiger partial charge in [-0.25, -0.2) is 9.97 Å². The highest BCUT2D eigenvalue weighted by Crippen LogP contribution is 2.31. The van der Waals surface area contributed by atoms with Crippen molar-refractivity contribution in [3.63, 3.8) is 0 Å². The number of aromatic nitrogens is 4. The van der Waals surface area contributed by atoms with Gasteiger partial charge in [-0.15, -0.1) is 0 Å². The van der Waals surface area contributed by atoms with Crippen LogP contribution in [0.25, 0.3) is 22.0 Å². The standard InChI is InChI=1S/C23H23N5O/c1-16-3-2-4-20(11-16)29-23-21-6-5-17(12-22(21)25-15-26-23)18-13-27-28(14-18)19-7-9-24-10-8-19/h2-6,11-15,19,24H,7-10H2,1H3. The molecular weight excluding hydrogens is 362 g/mol. The van der Waals surface area contributed by atoms with E-state index in [0.29, 0.717) is 11.9 Å². The number of rotatable bonds is 4. The van der Waals surface area contributed by atoms with Crippen molar-refractivity contribution in [3.05, 3.63) is 66.7 Å². The molecule has 0 bridgehead atoms. The highest BCUT2D eigenvalue weighted by Gasteiger charge is 2.16. The molecule has 1 aliphatic heterocycles. The van der Waals surface area contributed by atoms with E-state index in [1.807, 2.05) is 43.5 Å².